The minimum absolute atomic E-state index is 0.773. The Balaban J connectivity index is 2.46. The quantitative estimate of drug-likeness (QED) is 0.603. The van der Waals surface area contributed by atoms with E-state index in [0.717, 1.165) is 11.4 Å². The molecule has 2 aromatic rings. The van der Waals surface area contributed by atoms with Crippen LogP contribution < -0.4 is 4.98 Å². The van der Waals surface area contributed by atoms with Gasteiger partial charge < -0.3 is 0 Å². The fraction of sp³-hybridized carbons (Fsp3) is 0. The molecule has 58 valence electrons. The maximum Gasteiger partial charge on any atom is 0.195 e. The Bertz CT molecular complexity index is 308. The number of hydrogen-bond donors (Lipinski definition) is 0. The summed E-state index contributed by atoms with van der Waals surface area (Å²) in [6.45, 7) is 0. The van der Waals surface area contributed by atoms with E-state index in [9.17, 15) is 0 Å². The van der Waals surface area contributed by atoms with Gasteiger partial charge in [0.05, 0.1) is 12.4 Å². The molecular formula is C8H7N4+. The van der Waals surface area contributed by atoms with Gasteiger partial charge in [0.1, 0.15) is 5.69 Å². The second kappa shape index (κ2) is 3.04. The van der Waals surface area contributed by atoms with Crippen molar-refractivity contribution in [1.82, 2.24) is 15.0 Å². The van der Waals surface area contributed by atoms with Gasteiger partial charge in [-0.15, -0.1) is 0 Å². The van der Waals surface area contributed by atoms with Gasteiger partial charge in [-0.3, -0.25) is 9.97 Å². The highest BCUT2D eigenvalue weighted by atomic mass is 14.8. The van der Waals surface area contributed by atoms with Crippen LogP contribution in [0, 0.1) is 0 Å². The highest BCUT2D eigenvalue weighted by Gasteiger charge is 2.00. The van der Waals surface area contributed by atoms with Crippen LogP contribution in [0.5, 0.6) is 0 Å². The summed E-state index contributed by atoms with van der Waals surface area (Å²) >= 11 is 0. The van der Waals surface area contributed by atoms with E-state index in [0.29, 0.717) is 0 Å². The van der Waals surface area contributed by atoms with Crippen molar-refractivity contribution in [2.45, 2.75) is 0 Å². The largest absolute Gasteiger partial charge is 0.261 e. The van der Waals surface area contributed by atoms with Crippen molar-refractivity contribution in [2.24, 2.45) is 0 Å². The summed E-state index contributed by atoms with van der Waals surface area (Å²) in [6.07, 6.45) is 10.2. The van der Waals surface area contributed by atoms with Gasteiger partial charge in [0.15, 0.2) is 18.1 Å². The zero-order valence-corrected chi connectivity index (χ0v) is 6.31. The minimum atomic E-state index is 0.773. The lowest BCUT2D eigenvalue weighted by atomic mass is 10.3. The predicted octanol–water partition coefficient (Wildman–Crippen LogP) is 0.353. The summed E-state index contributed by atoms with van der Waals surface area (Å²) in [4.78, 5) is 15.1. The molecule has 0 unspecified atom stereocenters. The highest BCUT2D eigenvalue weighted by Crippen LogP contribution is 2.07. The first-order valence-electron chi connectivity index (χ1n) is 3.55. The van der Waals surface area contributed by atoms with Gasteiger partial charge in [-0.05, 0) is 0 Å². The van der Waals surface area contributed by atoms with Crippen molar-refractivity contribution in [3.05, 3.63) is 37.2 Å². The third-order valence-corrected chi connectivity index (χ3v) is 1.43. The molecule has 0 atom stereocenters. The van der Waals surface area contributed by atoms with Crippen LogP contribution in [0.2, 0.25) is 0 Å². The first-order valence-corrected chi connectivity index (χ1v) is 3.55. The molecule has 0 saturated carbocycles. The molecule has 0 spiro atoms. The van der Waals surface area contributed by atoms with Crippen LogP contribution in [0.25, 0.3) is 11.4 Å². The zero-order chi connectivity index (χ0) is 8.23. The first-order chi connectivity index (χ1) is 5.97. The third kappa shape index (κ3) is 1.27. The van der Waals surface area contributed by atoms with Gasteiger partial charge >= 0.3 is 0 Å². The molecule has 0 saturated heterocycles. The van der Waals surface area contributed by atoms with Crippen molar-refractivity contribution >= 4 is 0 Å². The molecule has 12 heavy (non-hydrogen) atoms. The van der Waals surface area contributed by atoms with E-state index >= 15 is 0 Å². The second-order valence-electron chi connectivity index (χ2n) is 2.23. The van der Waals surface area contributed by atoms with E-state index in [1.807, 2.05) is 0 Å². The molecule has 0 aliphatic rings. The van der Waals surface area contributed by atoms with Crippen LogP contribution in [0.15, 0.2) is 37.2 Å². The van der Waals surface area contributed by atoms with Crippen LogP contribution >= 0.6 is 0 Å². The lowest BCUT2D eigenvalue weighted by Gasteiger charge is -1.92. The normalized spacial score (nSPS) is 9.67. The first kappa shape index (κ1) is 6.84. The van der Waals surface area contributed by atoms with E-state index in [1.54, 1.807) is 37.2 Å². The van der Waals surface area contributed by atoms with Gasteiger partial charge in [-0.25, -0.2) is 9.97 Å². The summed E-state index contributed by atoms with van der Waals surface area (Å²) in [6, 6.07) is 0. The fourth-order valence-corrected chi connectivity index (χ4v) is 0.896. The lowest BCUT2D eigenvalue weighted by molar-refractivity contribution is -0.378. The topological polar surface area (TPSA) is 52.8 Å². The molecule has 0 aromatic carbocycles. The number of aromatic nitrogens is 4. The standard InChI is InChI=1S/C8H6N4/c1-3-11-7(5-9-1)8-6-10-2-4-12-8/h1-6H/p+1. The fourth-order valence-electron chi connectivity index (χ4n) is 0.896. The van der Waals surface area contributed by atoms with Crippen LogP contribution in [0.1, 0.15) is 0 Å². The lowest BCUT2D eigenvalue weighted by Crippen LogP contribution is -2.01. The number of hydrogen-bond acceptors (Lipinski definition) is 3. The Morgan fingerprint density at radius 3 is 2.58 bits per heavy atom. The molecule has 2 heterocycles. The average Bonchev–Trinajstić information content (AvgIpc) is 2.21. The SMILES string of the molecule is c1cnc(-c2c[nH+]ccn2)cn1. The zero-order valence-electron chi connectivity index (χ0n) is 6.31. The molecule has 2 rings (SSSR count). The number of nitrogens with zero attached hydrogens (tertiary/aromatic N) is 3. The molecule has 4 nitrogen and oxygen atoms in total. The van der Waals surface area contributed by atoms with E-state index < -0.39 is 0 Å². The molecule has 0 aliphatic carbocycles. The Hall–Kier alpha value is -1.84. The summed E-state index contributed by atoms with van der Waals surface area (Å²) in [5.74, 6) is 0. The van der Waals surface area contributed by atoms with Crippen molar-refractivity contribution in [2.75, 3.05) is 0 Å². The van der Waals surface area contributed by atoms with E-state index in [2.05, 4.69) is 19.9 Å². The van der Waals surface area contributed by atoms with Crippen LogP contribution in [0.3, 0.4) is 0 Å². The summed E-state index contributed by atoms with van der Waals surface area (Å²) in [7, 11) is 0. The number of H-pyrrole nitrogens is 1. The number of aromatic amines is 1. The molecule has 1 N–H and O–H groups in total. The van der Waals surface area contributed by atoms with Gasteiger partial charge in [-0.1, -0.05) is 0 Å². The molecule has 0 radical (unpaired) electrons. The van der Waals surface area contributed by atoms with Gasteiger partial charge in [0, 0.05) is 12.4 Å². The Kier molecular flexibility index (Phi) is 1.74. The van der Waals surface area contributed by atoms with E-state index in [1.165, 1.54) is 0 Å². The monoisotopic (exact) mass is 159 g/mol. The van der Waals surface area contributed by atoms with Gasteiger partial charge in [-0.2, -0.15) is 0 Å². The van der Waals surface area contributed by atoms with Crippen LogP contribution in [-0.4, -0.2) is 15.0 Å². The van der Waals surface area contributed by atoms with Gasteiger partial charge in [0.2, 0.25) is 0 Å². The number of rotatable bonds is 1. The Morgan fingerprint density at radius 2 is 1.92 bits per heavy atom. The van der Waals surface area contributed by atoms with Crippen molar-refractivity contribution in [1.29, 1.82) is 0 Å². The van der Waals surface area contributed by atoms with Crippen molar-refractivity contribution < 1.29 is 4.98 Å². The second-order valence-corrected chi connectivity index (χ2v) is 2.23. The van der Waals surface area contributed by atoms with Crippen LogP contribution in [0.4, 0.5) is 0 Å². The van der Waals surface area contributed by atoms with Crippen LogP contribution in [-0.2, 0) is 0 Å². The maximum absolute atomic E-state index is 4.12. The average molecular weight is 159 g/mol. The molecular weight excluding hydrogens is 152 g/mol. The molecule has 0 amide bonds. The third-order valence-electron chi connectivity index (χ3n) is 1.43. The molecule has 0 aliphatic heterocycles. The van der Waals surface area contributed by atoms with Gasteiger partial charge in [0.25, 0.3) is 0 Å². The smallest absolute Gasteiger partial charge is 0.195 e. The Labute approximate surface area is 69.4 Å². The van der Waals surface area contributed by atoms with E-state index in [4.69, 9.17) is 0 Å². The molecule has 0 bridgehead atoms. The molecule has 4 heteroatoms. The maximum atomic E-state index is 4.12. The van der Waals surface area contributed by atoms with E-state index in [-0.39, 0.29) is 0 Å². The Morgan fingerprint density at radius 1 is 1.00 bits per heavy atom. The number of nitrogens with one attached hydrogen (secondary N) is 1. The molecule has 2 aromatic heterocycles. The molecule has 0 fully saturated rings. The predicted molar refractivity (Wildman–Crippen MR) is 41.8 cm³/mol. The van der Waals surface area contributed by atoms with Crippen molar-refractivity contribution in [3.8, 4) is 11.4 Å². The minimum Gasteiger partial charge on any atom is -0.261 e. The van der Waals surface area contributed by atoms with Crippen molar-refractivity contribution in [3.63, 3.8) is 0 Å². The summed E-state index contributed by atoms with van der Waals surface area (Å²) in [5, 5.41) is 0. The summed E-state index contributed by atoms with van der Waals surface area (Å²) < 4.78 is 0. The summed E-state index contributed by atoms with van der Waals surface area (Å²) in [5.41, 5.74) is 1.57. The highest BCUT2D eigenvalue weighted by molar-refractivity contribution is 5.49.